The zero-order valence-electron chi connectivity index (χ0n) is 4.17. The molecule has 0 heterocycles. The number of halogens is 1. The summed E-state index contributed by atoms with van der Waals surface area (Å²) in [6, 6.07) is 0. The van der Waals surface area contributed by atoms with E-state index in [1.807, 2.05) is 18.2 Å². The quantitative estimate of drug-likeness (QED) is 0.551. The van der Waals surface area contributed by atoms with Gasteiger partial charge in [-0.1, -0.05) is 34.2 Å². The number of carbonyl (C=O) groups excluding carboxylic acids is 1. The van der Waals surface area contributed by atoms with Crippen molar-refractivity contribution in [1.29, 1.82) is 0 Å². The number of allylic oxidation sites excluding steroid dienone is 4. The molecule has 1 nitrogen and oxygen atoms in total. The summed E-state index contributed by atoms with van der Waals surface area (Å²) in [7, 11) is 0. The van der Waals surface area contributed by atoms with Crippen molar-refractivity contribution in [2.24, 2.45) is 5.92 Å². The van der Waals surface area contributed by atoms with Crippen LogP contribution in [0.1, 0.15) is 0 Å². The highest BCUT2D eigenvalue weighted by Gasteiger charge is 2.08. The van der Waals surface area contributed by atoms with Crippen molar-refractivity contribution in [2.75, 3.05) is 0 Å². The lowest BCUT2D eigenvalue weighted by atomic mass is 10.2. The van der Waals surface area contributed by atoms with Crippen LogP contribution in [0.5, 0.6) is 0 Å². The van der Waals surface area contributed by atoms with E-state index in [0.717, 1.165) is 10.8 Å². The van der Waals surface area contributed by atoms with Crippen molar-refractivity contribution < 1.29 is 4.79 Å². The van der Waals surface area contributed by atoms with Gasteiger partial charge in [-0.2, -0.15) is 0 Å². The van der Waals surface area contributed by atoms with Crippen LogP contribution in [0, 0.1) is 5.92 Å². The first-order valence-corrected chi connectivity index (χ1v) is 3.13. The smallest absolute Gasteiger partial charge is 0.131 e. The van der Waals surface area contributed by atoms with Crippen LogP contribution in [-0.4, -0.2) is 6.29 Å². The highest BCUT2D eigenvalue weighted by molar-refractivity contribution is 9.11. The molecule has 0 radical (unpaired) electrons. The number of hydrogen-bond donors (Lipinski definition) is 0. The van der Waals surface area contributed by atoms with Gasteiger partial charge in [-0.25, -0.2) is 0 Å². The molecular weight excluding hydrogens is 168 g/mol. The molecule has 1 aliphatic carbocycles. The summed E-state index contributed by atoms with van der Waals surface area (Å²) in [6.45, 7) is 0. The highest BCUT2D eigenvalue weighted by Crippen LogP contribution is 2.21. The molecule has 0 saturated heterocycles. The zero-order valence-corrected chi connectivity index (χ0v) is 5.76. The number of carbonyl (C=O) groups is 1. The van der Waals surface area contributed by atoms with Crippen LogP contribution in [0.4, 0.5) is 0 Å². The molecule has 0 fully saturated rings. The molecule has 0 saturated carbocycles. The third-order valence-electron chi connectivity index (χ3n) is 1.04. The fourth-order valence-corrected chi connectivity index (χ4v) is 0.994. The molecule has 0 spiro atoms. The van der Waals surface area contributed by atoms with Gasteiger partial charge >= 0.3 is 0 Å². The summed E-state index contributed by atoms with van der Waals surface area (Å²) < 4.78 is 0.951. The summed E-state index contributed by atoms with van der Waals surface area (Å²) >= 11 is 3.23. The second-order valence-corrected chi connectivity index (χ2v) is 2.51. The second-order valence-electron chi connectivity index (χ2n) is 1.60. The maximum absolute atomic E-state index is 10.1. The summed E-state index contributed by atoms with van der Waals surface area (Å²) in [6.07, 6.45) is 6.49. The van der Waals surface area contributed by atoms with Gasteiger partial charge < -0.3 is 4.79 Å². The minimum absolute atomic E-state index is 0.0185. The van der Waals surface area contributed by atoms with Crippen LogP contribution < -0.4 is 0 Å². The van der Waals surface area contributed by atoms with Crippen molar-refractivity contribution >= 4 is 22.2 Å². The third kappa shape index (κ3) is 0.892. The van der Waals surface area contributed by atoms with E-state index in [9.17, 15) is 4.79 Å². The molecular formula is C6H5BrO. The van der Waals surface area contributed by atoms with E-state index in [-0.39, 0.29) is 5.92 Å². The maximum atomic E-state index is 10.1. The van der Waals surface area contributed by atoms with Gasteiger partial charge in [0.15, 0.2) is 0 Å². The number of aldehydes is 1. The largest absolute Gasteiger partial charge is 0.302 e. The van der Waals surface area contributed by atoms with Crippen molar-refractivity contribution in [3.05, 3.63) is 22.7 Å². The standard InChI is InChI=1S/C6H5BrO/c7-6-3-1-2-5(6)4-8/h1-5H. The average molecular weight is 173 g/mol. The Morgan fingerprint density at radius 1 is 1.75 bits per heavy atom. The molecule has 1 unspecified atom stereocenters. The first-order valence-electron chi connectivity index (χ1n) is 2.34. The Hall–Kier alpha value is -0.370. The van der Waals surface area contributed by atoms with E-state index < -0.39 is 0 Å². The van der Waals surface area contributed by atoms with Crippen LogP contribution in [-0.2, 0) is 4.79 Å². The lowest BCUT2D eigenvalue weighted by Gasteiger charge is -1.93. The molecule has 42 valence electrons. The van der Waals surface area contributed by atoms with E-state index in [2.05, 4.69) is 15.9 Å². The summed E-state index contributed by atoms with van der Waals surface area (Å²) in [5.41, 5.74) is 0. The zero-order chi connectivity index (χ0) is 5.98. The van der Waals surface area contributed by atoms with Crippen LogP contribution in [0.2, 0.25) is 0 Å². The minimum atomic E-state index is -0.0185. The molecule has 0 aromatic carbocycles. The topological polar surface area (TPSA) is 17.1 Å². The van der Waals surface area contributed by atoms with E-state index in [0.29, 0.717) is 0 Å². The molecule has 0 aromatic rings. The van der Waals surface area contributed by atoms with Crippen molar-refractivity contribution in [3.8, 4) is 0 Å². The molecule has 0 aliphatic heterocycles. The maximum Gasteiger partial charge on any atom is 0.131 e. The van der Waals surface area contributed by atoms with E-state index in [1.54, 1.807) is 0 Å². The van der Waals surface area contributed by atoms with Crippen LogP contribution in [0.3, 0.4) is 0 Å². The van der Waals surface area contributed by atoms with Gasteiger partial charge in [0.1, 0.15) is 6.29 Å². The van der Waals surface area contributed by atoms with E-state index in [4.69, 9.17) is 0 Å². The van der Waals surface area contributed by atoms with Gasteiger partial charge in [0.05, 0.1) is 5.92 Å². The predicted octanol–water partition coefficient (Wildman–Crippen LogP) is 1.65. The lowest BCUT2D eigenvalue weighted by molar-refractivity contribution is -0.108. The fourth-order valence-electron chi connectivity index (χ4n) is 0.581. The third-order valence-corrected chi connectivity index (χ3v) is 1.83. The predicted molar refractivity (Wildman–Crippen MR) is 35.7 cm³/mol. The van der Waals surface area contributed by atoms with Gasteiger partial charge in [-0.05, 0) is 0 Å². The Bertz CT molecular complexity index is 158. The van der Waals surface area contributed by atoms with Gasteiger partial charge in [-0.3, -0.25) is 0 Å². The molecule has 2 heteroatoms. The molecule has 1 rings (SSSR count). The van der Waals surface area contributed by atoms with Gasteiger partial charge in [-0.15, -0.1) is 0 Å². The monoisotopic (exact) mass is 172 g/mol. The van der Waals surface area contributed by atoms with Crippen molar-refractivity contribution in [2.45, 2.75) is 0 Å². The Morgan fingerprint density at radius 3 is 2.75 bits per heavy atom. The Kier molecular flexibility index (Phi) is 1.63. The average Bonchev–Trinajstić information content (AvgIpc) is 2.14. The lowest BCUT2D eigenvalue weighted by Crippen LogP contribution is -1.91. The van der Waals surface area contributed by atoms with Crippen LogP contribution >= 0.6 is 15.9 Å². The molecule has 1 aliphatic rings. The molecule has 0 aromatic heterocycles. The Labute approximate surface area is 56.2 Å². The Balaban J connectivity index is 2.71. The van der Waals surface area contributed by atoms with Crippen LogP contribution in [0.15, 0.2) is 22.7 Å². The van der Waals surface area contributed by atoms with Gasteiger partial charge in [0.25, 0.3) is 0 Å². The highest BCUT2D eigenvalue weighted by atomic mass is 79.9. The Morgan fingerprint density at radius 2 is 2.50 bits per heavy atom. The summed E-state index contributed by atoms with van der Waals surface area (Å²) in [5.74, 6) is -0.0185. The first-order chi connectivity index (χ1) is 3.84. The van der Waals surface area contributed by atoms with E-state index in [1.165, 1.54) is 0 Å². The van der Waals surface area contributed by atoms with Crippen molar-refractivity contribution in [1.82, 2.24) is 0 Å². The normalized spacial score (nSPS) is 25.6. The second kappa shape index (κ2) is 2.27. The molecule has 0 bridgehead atoms. The molecule has 0 amide bonds. The molecule has 1 atom stereocenters. The fraction of sp³-hybridized carbons (Fsp3) is 0.167. The molecule has 0 N–H and O–H groups in total. The van der Waals surface area contributed by atoms with E-state index >= 15 is 0 Å². The minimum Gasteiger partial charge on any atom is -0.302 e. The number of hydrogen-bond acceptors (Lipinski definition) is 1. The molecule has 8 heavy (non-hydrogen) atoms. The van der Waals surface area contributed by atoms with Crippen molar-refractivity contribution in [3.63, 3.8) is 0 Å². The number of rotatable bonds is 1. The SMILES string of the molecule is O=CC1C=CC=C1Br. The first kappa shape index (κ1) is 5.76. The summed E-state index contributed by atoms with van der Waals surface area (Å²) in [4.78, 5) is 10.1. The summed E-state index contributed by atoms with van der Waals surface area (Å²) in [5, 5.41) is 0. The van der Waals surface area contributed by atoms with Gasteiger partial charge in [0.2, 0.25) is 0 Å². The van der Waals surface area contributed by atoms with Crippen LogP contribution in [0.25, 0.3) is 0 Å². The van der Waals surface area contributed by atoms with Gasteiger partial charge in [0, 0.05) is 4.48 Å².